The number of benzene rings is 1. The second kappa shape index (κ2) is 7.17. The molecule has 0 amide bonds. The highest BCUT2D eigenvalue weighted by molar-refractivity contribution is 6.68. The summed E-state index contributed by atoms with van der Waals surface area (Å²) >= 11 is 5.72. The monoisotopic (exact) mass is 309 g/mol. The Bertz CT molecular complexity index is 494. The Morgan fingerprint density at radius 3 is 2.57 bits per heavy atom. The molecule has 2 rings (SSSR count). The van der Waals surface area contributed by atoms with Gasteiger partial charge in [0.25, 0.3) is 5.24 Å². The first-order valence-electron chi connectivity index (χ1n) is 7.73. The van der Waals surface area contributed by atoms with Crippen LogP contribution >= 0.6 is 11.6 Å². The Morgan fingerprint density at radius 1 is 1.33 bits per heavy atom. The third-order valence-electron chi connectivity index (χ3n) is 3.87. The molecule has 0 bridgehead atoms. The summed E-state index contributed by atoms with van der Waals surface area (Å²) in [6.07, 6.45) is 2.15. The minimum atomic E-state index is -0.457. The van der Waals surface area contributed by atoms with E-state index in [-0.39, 0.29) is 0 Å². The van der Waals surface area contributed by atoms with Crippen molar-refractivity contribution >= 4 is 22.5 Å². The second-order valence-electron chi connectivity index (χ2n) is 6.13. The molecule has 21 heavy (non-hydrogen) atoms. The van der Waals surface area contributed by atoms with Crippen LogP contribution in [0.1, 0.15) is 44.0 Å². The number of carbonyl (C=O) groups excluding carboxylic acids is 1. The zero-order valence-corrected chi connectivity index (χ0v) is 13.8. The van der Waals surface area contributed by atoms with E-state index in [0.717, 1.165) is 25.2 Å². The molecule has 0 saturated carbocycles. The van der Waals surface area contributed by atoms with Crippen LogP contribution in [0.5, 0.6) is 5.75 Å². The summed E-state index contributed by atoms with van der Waals surface area (Å²) in [5, 5.41) is -0.457. The molecule has 1 aromatic rings. The van der Waals surface area contributed by atoms with Crippen molar-refractivity contribution in [2.75, 3.05) is 24.6 Å². The van der Waals surface area contributed by atoms with Crippen LogP contribution in [0.15, 0.2) is 18.2 Å². The molecule has 4 heteroatoms. The topological polar surface area (TPSA) is 29.5 Å². The summed E-state index contributed by atoms with van der Waals surface area (Å²) in [6.45, 7) is 9.17. The predicted molar refractivity (Wildman–Crippen MR) is 87.6 cm³/mol. The van der Waals surface area contributed by atoms with Crippen LogP contribution in [0.25, 0.3) is 0 Å². The average molecular weight is 310 g/mol. The fourth-order valence-electron chi connectivity index (χ4n) is 3.14. The van der Waals surface area contributed by atoms with Gasteiger partial charge in [0.1, 0.15) is 0 Å². The lowest BCUT2D eigenvalue weighted by molar-refractivity contribution is 0.107. The van der Waals surface area contributed by atoms with Gasteiger partial charge in [-0.15, -0.1) is 0 Å². The van der Waals surface area contributed by atoms with Crippen molar-refractivity contribution < 1.29 is 9.53 Å². The highest BCUT2D eigenvalue weighted by atomic mass is 35.5. The number of anilines is 1. The van der Waals surface area contributed by atoms with E-state index in [0.29, 0.717) is 29.8 Å². The Labute approximate surface area is 132 Å². The summed E-state index contributed by atoms with van der Waals surface area (Å²) in [7, 11) is 0. The molecule has 0 N–H and O–H groups in total. The van der Waals surface area contributed by atoms with Crippen molar-refractivity contribution in [3.8, 4) is 5.75 Å². The lowest BCUT2D eigenvalue weighted by Crippen LogP contribution is -2.39. The van der Waals surface area contributed by atoms with E-state index in [2.05, 4.69) is 25.7 Å². The zero-order chi connectivity index (χ0) is 15.4. The van der Waals surface area contributed by atoms with E-state index in [9.17, 15) is 4.79 Å². The van der Waals surface area contributed by atoms with Gasteiger partial charge in [0, 0.05) is 13.1 Å². The van der Waals surface area contributed by atoms with Crippen LogP contribution in [0.2, 0.25) is 0 Å². The Balaban J connectivity index is 2.36. The van der Waals surface area contributed by atoms with Crippen molar-refractivity contribution in [2.45, 2.75) is 33.6 Å². The third-order valence-corrected chi connectivity index (χ3v) is 4.07. The number of rotatable bonds is 5. The second-order valence-corrected chi connectivity index (χ2v) is 6.47. The SMILES string of the molecule is CCCOc1c(C(=O)Cl)cccc1N1C[C@@H](C)C[C@H](C)C1. The molecule has 1 aliphatic heterocycles. The van der Waals surface area contributed by atoms with Crippen LogP contribution in [0.4, 0.5) is 5.69 Å². The number of hydrogen-bond donors (Lipinski definition) is 0. The zero-order valence-electron chi connectivity index (χ0n) is 13.1. The maximum atomic E-state index is 11.7. The van der Waals surface area contributed by atoms with Crippen molar-refractivity contribution in [1.82, 2.24) is 0 Å². The maximum absolute atomic E-state index is 11.7. The van der Waals surface area contributed by atoms with Crippen LogP contribution in [-0.4, -0.2) is 24.9 Å². The van der Waals surface area contributed by atoms with E-state index in [4.69, 9.17) is 16.3 Å². The van der Waals surface area contributed by atoms with E-state index >= 15 is 0 Å². The van der Waals surface area contributed by atoms with Crippen molar-refractivity contribution in [3.63, 3.8) is 0 Å². The summed E-state index contributed by atoms with van der Waals surface area (Å²) in [5.41, 5.74) is 1.46. The van der Waals surface area contributed by atoms with Crippen LogP contribution in [-0.2, 0) is 0 Å². The molecule has 1 saturated heterocycles. The number of ether oxygens (including phenoxy) is 1. The smallest absolute Gasteiger partial charge is 0.256 e. The van der Waals surface area contributed by atoms with Gasteiger partial charge in [0.2, 0.25) is 0 Å². The molecule has 3 nitrogen and oxygen atoms in total. The number of para-hydroxylation sites is 1. The Kier molecular flexibility index (Phi) is 5.51. The van der Waals surface area contributed by atoms with E-state index < -0.39 is 5.24 Å². The molecule has 1 fully saturated rings. The highest BCUT2D eigenvalue weighted by Gasteiger charge is 2.26. The standard InChI is InChI=1S/C17H24ClNO2/c1-4-8-21-16-14(17(18)20)6-5-7-15(16)19-10-12(2)9-13(3)11-19/h5-7,12-13H,4,8-11H2,1-3H3/t12-,13-/m0/s1. The molecule has 1 aromatic carbocycles. The van der Waals surface area contributed by atoms with Crippen molar-refractivity contribution in [1.29, 1.82) is 0 Å². The van der Waals surface area contributed by atoms with Gasteiger partial charge in [-0.3, -0.25) is 4.79 Å². The third kappa shape index (κ3) is 3.91. The summed E-state index contributed by atoms with van der Waals surface area (Å²) in [6, 6.07) is 5.65. The summed E-state index contributed by atoms with van der Waals surface area (Å²) in [4.78, 5) is 14.0. The number of piperidine rings is 1. The number of halogens is 1. The molecule has 116 valence electrons. The molecule has 0 aliphatic carbocycles. The quantitative estimate of drug-likeness (QED) is 0.758. The highest BCUT2D eigenvalue weighted by Crippen LogP contribution is 2.36. The van der Waals surface area contributed by atoms with Crippen molar-refractivity contribution in [3.05, 3.63) is 23.8 Å². The van der Waals surface area contributed by atoms with Gasteiger partial charge in [-0.25, -0.2) is 0 Å². The normalized spacial score (nSPS) is 22.2. The first-order chi connectivity index (χ1) is 10.0. The van der Waals surface area contributed by atoms with E-state index in [1.165, 1.54) is 6.42 Å². The number of hydrogen-bond acceptors (Lipinski definition) is 3. The molecule has 2 atom stereocenters. The first-order valence-corrected chi connectivity index (χ1v) is 8.11. The molecule has 0 radical (unpaired) electrons. The van der Waals surface area contributed by atoms with Gasteiger partial charge in [-0.1, -0.05) is 26.8 Å². The van der Waals surface area contributed by atoms with Crippen molar-refractivity contribution in [2.24, 2.45) is 11.8 Å². The fourth-order valence-corrected chi connectivity index (χ4v) is 3.29. The van der Waals surface area contributed by atoms with E-state index in [1.807, 2.05) is 12.1 Å². The lowest BCUT2D eigenvalue weighted by atomic mass is 9.91. The molecule has 1 aliphatic rings. The number of nitrogens with zero attached hydrogens (tertiary/aromatic N) is 1. The van der Waals surface area contributed by atoms with Gasteiger partial charge in [-0.05, 0) is 48.4 Å². The lowest BCUT2D eigenvalue weighted by Gasteiger charge is -2.37. The van der Waals surface area contributed by atoms with E-state index in [1.54, 1.807) is 6.07 Å². The molecule has 0 unspecified atom stereocenters. The predicted octanol–water partition coefficient (Wildman–Crippen LogP) is 4.34. The number of carbonyl (C=O) groups is 1. The molecular formula is C17H24ClNO2. The average Bonchev–Trinajstić information content (AvgIpc) is 2.43. The molecule has 1 heterocycles. The van der Waals surface area contributed by atoms with Gasteiger partial charge in [-0.2, -0.15) is 0 Å². The molecular weight excluding hydrogens is 286 g/mol. The minimum absolute atomic E-state index is 0.457. The first kappa shape index (κ1) is 16.2. The fraction of sp³-hybridized carbons (Fsp3) is 0.588. The van der Waals surface area contributed by atoms with Gasteiger partial charge < -0.3 is 9.64 Å². The Morgan fingerprint density at radius 2 is 2.00 bits per heavy atom. The van der Waals surface area contributed by atoms with Crippen LogP contribution in [0.3, 0.4) is 0 Å². The molecule has 0 spiro atoms. The van der Waals surface area contributed by atoms with Gasteiger partial charge in [0.15, 0.2) is 5.75 Å². The van der Waals surface area contributed by atoms with Crippen LogP contribution < -0.4 is 9.64 Å². The molecule has 0 aromatic heterocycles. The Hall–Kier alpha value is -1.22. The maximum Gasteiger partial charge on any atom is 0.256 e. The summed E-state index contributed by atoms with van der Waals surface area (Å²) < 4.78 is 5.86. The minimum Gasteiger partial charge on any atom is -0.491 e. The van der Waals surface area contributed by atoms with Gasteiger partial charge in [0.05, 0.1) is 17.9 Å². The summed E-state index contributed by atoms with van der Waals surface area (Å²) in [5.74, 6) is 1.92. The largest absolute Gasteiger partial charge is 0.491 e. The van der Waals surface area contributed by atoms with Crippen LogP contribution in [0, 0.1) is 11.8 Å². The van der Waals surface area contributed by atoms with Gasteiger partial charge >= 0.3 is 0 Å².